The number of nitrogens with zero attached hydrogens (tertiary/aromatic N) is 1. The quantitative estimate of drug-likeness (QED) is 0.311. The summed E-state index contributed by atoms with van der Waals surface area (Å²) in [6.07, 6.45) is 2.84. The van der Waals surface area contributed by atoms with Gasteiger partial charge in [0.05, 0.1) is 6.61 Å². The van der Waals surface area contributed by atoms with E-state index in [9.17, 15) is 18.0 Å². The highest BCUT2D eigenvalue weighted by Crippen LogP contribution is 2.27. The van der Waals surface area contributed by atoms with Crippen LogP contribution in [0, 0.1) is 6.92 Å². The van der Waals surface area contributed by atoms with Crippen molar-refractivity contribution in [1.82, 2.24) is 9.71 Å². The average Bonchev–Trinajstić information content (AvgIpc) is 3.11. The first kappa shape index (κ1) is 26.9. The highest BCUT2D eigenvalue weighted by molar-refractivity contribution is 7.98. The number of carbonyl (C=O) groups excluding carboxylic acids is 1. The maximum atomic E-state index is 12.7. The van der Waals surface area contributed by atoms with Crippen LogP contribution < -0.4 is 15.4 Å². The average molecular weight is 517 g/mol. The number of urea groups is 1. The molecular weight excluding hydrogens is 488 g/mol. The molecule has 0 spiro atoms. The number of thiophene rings is 1. The summed E-state index contributed by atoms with van der Waals surface area (Å²) in [4.78, 5) is 29.1. The molecule has 2 aromatic heterocycles. The number of rotatable bonds is 12. The van der Waals surface area contributed by atoms with Gasteiger partial charge in [-0.2, -0.15) is 0 Å². The fraction of sp³-hybridized carbons (Fsp3) is 0.450. The van der Waals surface area contributed by atoms with E-state index in [2.05, 4.69) is 15.6 Å². The third-order valence-electron chi connectivity index (χ3n) is 4.48. The number of thioether (sulfide) groups is 1. The summed E-state index contributed by atoms with van der Waals surface area (Å²) in [5.74, 6) is -0.290. The normalized spacial score (nSPS) is 12.2. The van der Waals surface area contributed by atoms with Gasteiger partial charge in [0.1, 0.15) is 15.8 Å². The van der Waals surface area contributed by atoms with Gasteiger partial charge in [-0.1, -0.05) is 0 Å². The Morgan fingerprint density at radius 1 is 1.27 bits per heavy atom. The molecule has 0 aliphatic rings. The Balaban J connectivity index is 2.10. The molecule has 2 amide bonds. The second-order valence-electron chi connectivity index (χ2n) is 7.23. The Labute approximate surface area is 201 Å². The Hall–Kier alpha value is -2.35. The Bertz CT molecular complexity index is 1090. The highest BCUT2D eigenvalue weighted by Gasteiger charge is 2.22. The molecule has 0 aliphatic carbocycles. The standard InChI is InChI=1S/C20H28N4O6S3/c1-12-9-19(32-15(12)7-8-30-3)33(28,29)24-20(27)23-17-11-14(31-4)10-16(22-17)21-13(2)5-6-18(25)26/h9-11,13H,5-8H2,1-4H3,(H,25,26)(H3,21,22,23,24,27). The number of carboxylic acid groups (broad SMARTS) is 1. The van der Waals surface area contributed by atoms with Crippen LogP contribution in [0.1, 0.15) is 30.2 Å². The van der Waals surface area contributed by atoms with E-state index >= 15 is 0 Å². The van der Waals surface area contributed by atoms with E-state index in [4.69, 9.17) is 9.84 Å². The summed E-state index contributed by atoms with van der Waals surface area (Å²) in [5, 5.41) is 14.4. The van der Waals surface area contributed by atoms with Crippen molar-refractivity contribution in [2.45, 2.75) is 48.3 Å². The number of aryl methyl sites for hydroxylation is 1. The van der Waals surface area contributed by atoms with Crippen LogP contribution in [0.3, 0.4) is 0 Å². The molecular formula is C20H28N4O6S3. The second-order valence-corrected chi connectivity index (χ2v) is 11.2. The van der Waals surface area contributed by atoms with Gasteiger partial charge in [-0.25, -0.2) is 22.9 Å². The number of carboxylic acids is 1. The number of nitrogens with one attached hydrogen (secondary N) is 3. The zero-order chi connectivity index (χ0) is 24.6. The number of aromatic nitrogens is 1. The van der Waals surface area contributed by atoms with Crippen LogP contribution in [0.2, 0.25) is 0 Å². The number of ether oxygens (including phenoxy) is 1. The number of hydrogen-bond donors (Lipinski definition) is 4. The number of anilines is 2. The monoisotopic (exact) mass is 516 g/mol. The molecule has 182 valence electrons. The van der Waals surface area contributed by atoms with E-state index in [-0.39, 0.29) is 22.5 Å². The molecule has 0 aromatic carbocycles. The van der Waals surface area contributed by atoms with Crippen molar-refractivity contribution in [1.29, 1.82) is 0 Å². The number of carbonyl (C=O) groups is 2. The maximum Gasteiger partial charge on any atom is 0.334 e. The maximum absolute atomic E-state index is 12.7. The molecule has 0 saturated heterocycles. The molecule has 13 heteroatoms. The molecule has 0 radical (unpaired) electrons. The van der Waals surface area contributed by atoms with Gasteiger partial charge in [-0.15, -0.1) is 23.1 Å². The lowest BCUT2D eigenvalue weighted by molar-refractivity contribution is -0.137. The molecule has 33 heavy (non-hydrogen) atoms. The van der Waals surface area contributed by atoms with Gasteiger partial charge in [0, 0.05) is 35.8 Å². The Morgan fingerprint density at radius 2 is 1.97 bits per heavy atom. The Kier molecular flexibility index (Phi) is 9.95. The van der Waals surface area contributed by atoms with Crippen molar-refractivity contribution in [2.75, 3.05) is 30.6 Å². The number of aliphatic carboxylic acids is 1. The van der Waals surface area contributed by atoms with Crippen LogP contribution >= 0.6 is 23.1 Å². The number of sulfonamides is 1. The van der Waals surface area contributed by atoms with Gasteiger partial charge in [0.2, 0.25) is 0 Å². The van der Waals surface area contributed by atoms with E-state index < -0.39 is 22.0 Å². The molecule has 2 heterocycles. The van der Waals surface area contributed by atoms with Gasteiger partial charge in [0.15, 0.2) is 0 Å². The van der Waals surface area contributed by atoms with E-state index in [0.717, 1.165) is 26.7 Å². The van der Waals surface area contributed by atoms with Crippen LogP contribution in [0.25, 0.3) is 0 Å². The number of pyridine rings is 1. The SMILES string of the molecule is COCCc1sc(S(=O)(=O)NC(=O)Nc2cc(SC)cc(NC(C)CCC(=O)O)n2)cc1C. The van der Waals surface area contributed by atoms with Crippen LogP contribution in [0.4, 0.5) is 16.4 Å². The van der Waals surface area contributed by atoms with Crippen molar-refractivity contribution in [3.8, 4) is 0 Å². The van der Waals surface area contributed by atoms with Crippen molar-refractivity contribution in [2.24, 2.45) is 0 Å². The lowest BCUT2D eigenvalue weighted by atomic mass is 10.2. The van der Waals surface area contributed by atoms with Crippen molar-refractivity contribution in [3.63, 3.8) is 0 Å². The van der Waals surface area contributed by atoms with Gasteiger partial charge in [-0.05, 0) is 50.3 Å². The van der Waals surface area contributed by atoms with Crippen molar-refractivity contribution in [3.05, 3.63) is 28.6 Å². The predicted molar refractivity (Wildman–Crippen MR) is 130 cm³/mol. The first-order valence-corrected chi connectivity index (χ1v) is 13.5. The third kappa shape index (κ3) is 8.50. The van der Waals surface area contributed by atoms with E-state index in [0.29, 0.717) is 25.3 Å². The fourth-order valence-electron chi connectivity index (χ4n) is 2.80. The van der Waals surface area contributed by atoms with Gasteiger partial charge >= 0.3 is 12.0 Å². The Morgan fingerprint density at radius 3 is 2.61 bits per heavy atom. The van der Waals surface area contributed by atoms with Gasteiger partial charge in [0.25, 0.3) is 10.0 Å². The second kappa shape index (κ2) is 12.2. The summed E-state index contributed by atoms with van der Waals surface area (Å²) in [6, 6.07) is 3.80. The molecule has 1 atom stereocenters. The molecule has 0 saturated carbocycles. The summed E-state index contributed by atoms with van der Waals surface area (Å²) in [7, 11) is -2.48. The zero-order valence-corrected chi connectivity index (χ0v) is 21.2. The number of amides is 2. The topological polar surface area (TPSA) is 147 Å². The molecule has 2 aromatic rings. The van der Waals surface area contributed by atoms with Crippen LogP contribution in [-0.4, -0.2) is 56.5 Å². The van der Waals surface area contributed by atoms with Crippen molar-refractivity contribution >= 4 is 56.8 Å². The van der Waals surface area contributed by atoms with Crippen molar-refractivity contribution < 1.29 is 27.9 Å². The van der Waals surface area contributed by atoms with E-state index in [1.54, 1.807) is 19.2 Å². The third-order valence-corrected chi connectivity index (χ3v) is 8.29. The number of methoxy groups -OCH3 is 1. The van der Waals surface area contributed by atoms with Gasteiger partial charge in [-0.3, -0.25) is 10.1 Å². The molecule has 0 fully saturated rings. The highest BCUT2D eigenvalue weighted by atomic mass is 32.2. The van der Waals surface area contributed by atoms with E-state index in [1.807, 2.05) is 24.8 Å². The molecule has 10 nitrogen and oxygen atoms in total. The number of hydrogen-bond acceptors (Lipinski definition) is 9. The molecule has 0 bridgehead atoms. The molecule has 0 aliphatic heterocycles. The summed E-state index contributed by atoms with van der Waals surface area (Å²) in [5.41, 5.74) is 0.819. The minimum atomic E-state index is -4.06. The first-order chi connectivity index (χ1) is 15.5. The zero-order valence-electron chi connectivity index (χ0n) is 18.8. The van der Waals surface area contributed by atoms with Crippen LogP contribution in [-0.2, 0) is 26.0 Å². The van der Waals surface area contributed by atoms with Gasteiger partial charge < -0.3 is 15.2 Å². The summed E-state index contributed by atoms with van der Waals surface area (Å²) < 4.78 is 32.4. The molecule has 2 rings (SSSR count). The van der Waals surface area contributed by atoms with Crippen LogP contribution in [0.5, 0.6) is 0 Å². The molecule has 1 unspecified atom stereocenters. The predicted octanol–water partition coefficient (Wildman–Crippen LogP) is 3.54. The minimum Gasteiger partial charge on any atom is -0.481 e. The summed E-state index contributed by atoms with van der Waals surface area (Å²) >= 11 is 2.51. The minimum absolute atomic E-state index is 0.0110. The first-order valence-electron chi connectivity index (χ1n) is 10.0. The smallest absolute Gasteiger partial charge is 0.334 e. The lowest BCUT2D eigenvalue weighted by Crippen LogP contribution is -2.34. The fourth-order valence-corrected chi connectivity index (χ4v) is 5.74. The lowest BCUT2D eigenvalue weighted by Gasteiger charge is -2.15. The van der Waals surface area contributed by atoms with E-state index in [1.165, 1.54) is 17.8 Å². The van der Waals surface area contributed by atoms with Crippen LogP contribution in [0.15, 0.2) is 27.3 Å². The largest absolute Gasteiger partial charge is 0.481 e. The summed E-state index contributed by atoms with van der Waals surface area (Å²) in [6.45, 7) is 4.11. The molecule has 4 N–H and O–H groups in total.